The zero-order chi connectivity index (χ0) is 21.6. The van der Waals surface area contributed by atoms with Gasteiger partial charge in [-0.2, -0.15) is 0 Å². The van der Waals surface area contributed by atoms with E-state index in [1.54, 1.807) is 0 Å². The Bertz CT molecular complexity index is 735. The monoisotopic (exact) mass is 422 g/mol. The number of ether oxygens (including phenoxy) is 1. The Labute approximate surface area is 189 Å². The highest BCUT2D eigenvalue weighted by molar-refractivity contribution is 5.92. The van der Waals surface area contributed by atoms with Crippen molar-refractivity contribution in [3.63, 3.8) is 0 Å². The van der Waals surface area contributed by atoms with Crippen LogP contribution >= 0.6 is 0 Å². The maximum absolute atomic E-state index is 12.4. The Hall–Kier alpha value is -1.57. The summed E-state index contributed by atoms with van der Waals surface area (Å²) in [5.74, 6) is 3.38. The molecule has 1 aromatic rings. The van der Waals surface area contributed by atoms with Crippen LogP contribution in [0.1, 0.15) is 118 Å². The van der Waals surface area contributed by atoms with Crippen molar-refractivity contribution < 1.29 is 9.53 Å². The number of fused-ring (bicyclic) bond motifs is 1. The molecule has 170 valence electrons. The Morgan fingerprint density at radius 3 is 2.16 bits per heavy atom. The maximum Gasteiger partial charge on any atom is 0.338 e. The predicted molar refractivity (Wildman–Crippen MR) is 128 cm³/mol. The standard InChI is InChI=1S/C29H42O2/c1-3-5-6-21-7-9-22(10-8-21)11-12-23-13-15-24(16-14-23)25-17-18-26-19-27(4-2)31-29(30)28(26)20-25/h3,17-18,20-24,27H,1,4-16,19H2,2H3. The fourth-order valence-corrected chi connectivity index (χ4v) is 6.36. The van der Waals surface area contributed by atoms with Gasteiger partial charge in [0.1, 0.15) is 6.10 Å². The zero-order valence-electron chi connectivity index (χ0n) is 19.6. The molecule has 0 saturated heterocycles. The Kier molecular flexibility index (Phi) is 7.91. The van der Waals surface area contributed by atoms with Crippen molar-refractivity contribution in [1.82, 2.24) is 0 Å². The highest BCUT2D eigenvalue weighted by atomic mass is 16.5. The van der Waals surface area contributed by atoms with Gasteiger partial charge in [0.25, 0.3) is 0 Å². The van der Waals surface area contributed by atoms with Gasteiger partial charge in [0, 0.05) is 6.42 Å². The van der Waals surface area contributed by atoms with Crippen LogP contribution in [0, 0.1) is 17.8 Å². The van der Waals surface area contributed by atoms with E-state index in [0.29, 0.717) is 5.92 Å². The van der Waals surface area contributed by atoms with Gasteiger partial charge in [0.05, 0.1) is 5.56 Å². The van der Waals surface area contributed by atoms with Crippen molar-refractivity contribution in [2.45, 2.75) is 109 Å². The third kappa shape index (κ3) is 5.82. The van der Waals surface area contributed by atoms with Crippen LogP contribution in [-0.4, -0.2) is 12.1 Å². The summed E-state index contributed by atoms with van der Waals surface area (Å²) in [7, 11) is 0. The number of hydrogen-bond acceptors (Lipinski definition) is 2. The molecule has 1 aromatic carbocycles. The van der Waals surface area contributed by atoms with Gasteiger partial charge in [-0.3, -0.25) is 0 Å². The smallest absolute Gasteiger partial charge is 0.338 e. The molecule has 0 radical (unpaired) electrons. The van der Waals surface area contributed by atoms with Gasteiger partial charge in [-0.05, 0) is 85.8 Å². The van der Waals surface area contributed by atoms with Crippen LogP contribution in [0.4, 0.5) is 0 Å². The number of allylic oxidation sites excluding steroid dienone is 1. The molecule has 2 heteroatoms. The number of cyclic esters (lactones) is 1. The summed E-state index contributed by atoms with van der Waals surface area (Å²) >= 11 is 0. The summed E-state index contributed by atoms with van der Waals surface area (Å²) in [6, 6.07) is 6.64. The molecule has 2 aliphatic carbocycles. The topological polar surface area (TPSA) is 26.3 Å². The van der Waals surface area contributed by atoms with E-state index < -0.39 is 0 Å². The molecular weight excluding hydrogens is 380 g/mol. The SMILES string of the molecule is C=CCCC1CCC(CCC2CCC(c3ccc4c(c3)C(=O)OC(CC)C4)CC2)CC1. The zero-order valence-corrected chi connectivity index (χ0v) is 19.6. The molecule has 1 heterocycles. The molecule has 1 atom stereocenters. The summed E-state index contributed by atoms with van der Waals surface area (Å²) in [5, 5.41) is 0. The largest absolute Gasteiger partial charge is 0.458 e. The fourth-order valence-electron chi connectivity index (χ4n) is 6.36. The van der Waals surface area contributed by atoms with Crippen molar-refractivity contribution in [3.05, 3.63) is 47.5 Å². The third-order valence-electron chi connectivity index (χ3n) is 8.58. The minimum atomic E-state index is -0.108. The first-order valence-electron chi connectivity index (χ1n) is 13.1. The average molecular weight is 423 g/mol. The molecule has 31 heavy (non-hydrogen) atoms. The van der Waals surface area contributed by atoms with Gasteiger partial charge in [0.15, 0.2) is 0 Å². The molecule has 3 aliphatic rings. The molecule has 2 fully saturated rings. The molecular formula is C29H42O2. The van der Waals surface area contributed by atoms with Crippen molar-refractivity contribution >= 4 is 5.97 Å². The van der Waals surface area contributed by atoms with E-state index in [1.165, 1.54) is 88.2 Å². The highest BCUT2D eigenvalue weighted by Crippen LogP contribution is 2.41. The van der Waals surface area contributed by atoms with Crippen LogP contribution in [0.25, 0.3) is 0 Å². The van der Waals surface area contributed by atoms with E-state index >= 15 is 0 Å². The first-order chi connectivity index (χ1) is 15.2. The van der Waals surface area contributed by atoms with E-state index in [4.69, 9.17) is 4.74 Å². The molecule has 0 aromatic heterocycles. The minimum Gasteiger partial charge on any atom is -0.458 e. The number of esters is 1. The number of benzene rings is 1. The lowest BCUT2D eigenvalue weighted by molar-refractivity contribution is 0.0249. The summed E-state index contributed by atoms with van der Waals surface area (Å²) in [4.78, 5) is 12.4. The molecule has 0 bridgehead atoms. The second kappa shape index (κ2) is 10.8. The van der Waals surface area contributed by atoms with Crippen LogP contribution < -0.4 is 0 Å². The Morgan fingerprint density at radius 2 is 1.55 bits per heavy atom. The lowest BCUT2D eigenvalue weighted by Crippen LogP contribution is -2.27. The van der Waals surface area contributed by atoms with Crippen molar-refractivity contribution in [2.75, 3.05) is 0 Å². The molecule has 0 spiro atoms. The van der Waals surface area contributed by atoms with Crippen molar-refractivity contribution in [3.8, 4) is 0 Å². The summed E-state index contributed by atoms with van der Waals surface area (Å²) < 4.78 is 5.59. The second-order valence-corrected chi connectivity index (χ2v) is 10.6. The molecule has 2 saturated carbocycles. The minimum absolute atomic E-state index is 0.0588. The lowest BCUT2D eigenvalue weighted by atomic mass is 9.73. The van der Waals surface area contributed by atoms with E-state index in [2.05, 4.69) is 37.8 Å². The van der Waals surface area contributed by atoms with Crippen molar-refractivity contribution in [1.29, 1.82) is 0 Å². The van der Waals surface area contributed by atoms with E-state index in [0.717, 1.165) is 36.2 Å². The van der Waals surface area contributed by atoms with Crippen molar-refractivity contribution in [2.24, 2.45) is 17.8 Å². The number of carbonyl (C=O) groups is 1. The molecule has 1 aliphatic heterocycles. The lowest BCUT2D eigenvalue weighted by Gasteiger charge is -2.32. The van der Waals surface area contributed by atoms with Gasteiger partial charge in [-0.15, -0.1) is 6.58 Å². The molecule has 1 unspecified atom stereocenters. The summed E-state index contributed by atoms with van der Waals surface area (Å²) in [6.45, 7) is 5.96. The Balaban J connectivity index is 1.21. The molecule has 4 rings (SSSR count). The quantitative estimate of drug-likeness (QED) is 0.313. The van der Waals surface area contributed by atoms with Crippen LogP contribution in [0.2, 0.25) is 0 Å². The first-order valence-corrected chi connectivity index (χ1v) is 13.1. The molecule has 2 nitrogen and oxygen atoms in total. The molecule has 0 amide bonds. The van der Waals surface area contributed by atoms with Gasteiger partial charge < -0.3 is 4.74 Å². The van der Waals surface area contributed by atoms with Crippen LogP contribution in [0.5, 0.6) is 0 Å². The molecule has 0 N–H and O–H groups in total. The van der Waals surface area contributed by atoms with Gasteiger partial charge in [-0.25, -0.2) is 4.79 Å². The first kappa shape index (κ1) is 22.6. The third-order valence-corrected chi connectivity index (χ3v) is 8.58. The van der Waals surface area contributed by atoms with E-state index in [1.807, 2.05) is 0 Å². The second-order valence-electron chi connectivity index (χ2n) is 10.6. The maximum atomic E-state index is 12.4. The summed E-state index contributed by atoms with van der Waals surface area (Å²) in [6.07, 6.45) is 20.5. The Morgan fingerprint density at radius 1 is 0.935 bits per heavy atom. The van der Waals surface area contributed by atoms with Gasteiger partial charge in [0.2, 0.25) is 0 Å². The average Bonchev–Trinajstić information content (AvgIpc) is 2.82. The number of rotatable bonds is 8. The van der Waals surface area contributed by atoms with Crippen LogP contribution in [0.15, 0.2) is 30.9 Å². The predicted octanol–water partition coefficient (Wildman–Crippen LogP) is 8.00. The highest BCUT2D eigenvalue weighted by Gasteiger charge is 2.28. The van der Waals surface area contributed by atoms with Crippen LogP contribution in [-0.2, 0) is 11.2 Å². The fraction of sp³-hybridized carbons (Fsp3) is 0.690. The van der Waals surface area contributed by atoms with Crippen LogP contribution in [0.3, 0.4) is 0 Å². The number of carbonyl (C=O) groups excluding carboxylic acids is 1. The van der Waals surface area contributed by atoms with E-state index in [9.17, 15) is 4.79 Å². The van der Waals surface area contributed by atoms with Gasteiger partial charge in [-0.1, -0.05) is 63.7 Å². The van der Waals surface area contributed by atoms with E-state index in [-0.39, 0.29) is 12.1 Å². The number of hydrogen-bond donors (Lipinski definition) is 0. The summed E-state index contributed by atoms with van der Waals surface area (Å²) in [5.41, 5.74) is 3.37. The normalized spacial score (nSPS) is 31.0. The van der Waals surface area contributed by atoms with Gasteiger partial charge >= 0.3 is 5.97 Å².